The highest BCUT2D eigenvalue weighted by atomic mass is 15.3. The molecule has 0 atom stereocenters. The summed E-state index contributed by atoms with van der Waals surface area (Å²) in [6.07, 6.45) is 0. The van der Waals surface area contributed by atoms with Crippen molar-refractivity contribution in [3.8, 4) is 5.69 Å². The minimum Gasteiger partial charge on any atom is -0.336 e. The molecule has 0 spiro atoms. The van der Waals surface area contributed by atoms with Gasteiger partial charge < -0.3 is 9.47 Å². The van der Waals surface area contributed by atoms with E-state index in [1.807, 2.05) is 0 Å². The molecule has 4 heterocycles. The van der Waals surface area contributed by atoms with Crippen LogP contribution in [0.2, 0.25) is 0 Å². The largest absolute Gasteiger partial charge is 0.336 e. The van der Waals surface area contributed by atoms with Crippen LogP contribution < -0.4 is 21.3 Å². The molecule has 0 amide bonds. The molecule has 3 aliphatic heterocycles. The summed E-state index contributed by atoms with van der Waals surface area (Å²) in [4.78, 5) is 2.67. The second-order valence-corrected chi connectivity index (χ2v) is 12.0. The molecule has 3 aliphatic rings. The third kappa shape index (κ3) is 2.04. The lowest BCUT2D eigenvalue weighted by Gasteiger charge is -2.46. The summed E-state index contributed by atoms with van der Waals surface area (Å²) in [5.41, 5.74) is 15.3. The highest BCUT2D eigenvalue weighted by molar-refractivity contribution is 7.00. The predicted octanol–water partition coefficient (Wildman–Crippen LogP) is 5.75. The van der Waals surface area contributed by atoms with Crippen molar-refractivity contribution in [3.05, 3.63) is 83.4 Å². The predicted molar refractivity (Wildman–Crippen MR) is 151 cm³/mol. The Labute approximate surface area is 207 Å². The van der Waals surface area contributed by atoms with Crippen molar-refractivity contribution in [2.75, 3.05) is 4.90 Å². The molecule has 8 rings (SSSR count). The zero-order valence-corrected chi connectivity index (χ0v) is 21.3. The van der Waals surface area contributed by atoms with E-state index in [0.717, 1.165) is 0 Å². The number of aryl methyl sites for hydroxylation is 2. The van der Waals surface area contributed by atoms with Gasteiger partial charge in [-0.15, -0.1) is 0 Å². The van der Waals surface area contributed by atoms with Gasteiger partial charge in [0.2, 0.25) is 0 Å². The lowest BCUT2D eigenvalue weighted by molar-refractivity contribution is 0.330. The standard InChI is InChI=1S/C32H29BN2/c1-18-13-14-25-20(15-18)21-16-19(2)17-24-29(21)34(25)26-11-8-12-27-28(26)33(24)23-10-7-9-22-30(23)35(27)32(5,6)31(22,3)4/h7-17H,1-6H3. The molecular formula is C32H29BN2. The van der Waals surface area contributed by atoms with Crippen LogP contribution in [0.15, 0.2) is 66.7 Å². The SMILES string of the molecule is Cc1ccc2c(c1)c1cc(C)cc3c1n2-c1cccc2c1B3c1cccc3c1N2C(C)(C)C3(C)C. The molecule has 0 aliphatic carbocycles. The van der Waals surface area contributed by atoms with Gasteiger partial charge in [-0.1, -0.05) is 61.4 Å². The summed E-state index contributed by atoms with van der Waals surface area (Å²) in [6.45, 7) is 14.4. The van der Waals surface area contributed by atoms with Crippen molar-refractivity contribution in [1.82, 2.24) is 4.57 Å². The smallest absolute Gasteiger partial charge is 0.252 e. The summed E-state index contributed by atoms with van der Waals surface area (Å²) < 4.78 is 2.55. The maximum absolute atomic E-state index is 2.67. The molecule has 1 aromatic heterocycles. The number of aromatic nitrogens is 1. The molecular weight excluding hydrogens is 423 g/mol. The minimum absolute atomic E-state index is 0.0377. The van der Waals surface area contributed by atoms with Crippen LogP contribution in [0.3, 0.4) is 0 Å². The Morgan fingerprint density at radius 2 is 1.46 bits per heavy atom. The normalized spacial score (nSPS) is 17.8. The molecule has 5 aromatic rings. The second kappa shape index (κ2) is 5.84. The van der Waals surface area contributed by atoms with Crippen molar-refractivity contribution in [2.24, 2.45) is 0 Å². The van der Waals surface area contributed by atoms with E-state index in [1.54, 1.807) is 0 Å². The van der Waals surface area contributed by atoms with Crippen molar-refractivity contribution >= 4 is 56.3 Å². The lowest BCUT2D eigenvalue weighted by atomic mass is 9.33. The van der Waals surface area contributed by atoms with Crippen LogP contribution in [-0.2, 0) is 5.41 Å². The quantitative estimate of drug-likeness (QED) is 0.267. The fourth-order valence-corrected chi connectivity index (χ4v) is 7.48. The highest BCUT2D eigenvalue weighted by Crippen LogP contribution is 2.55. The van der Waals surface area contributed by atoms with Crippen LogP contribution >= 0.6 is 0 Å². The molecule has 0 bridgehead atoms. The number of benzene rings is 4. The molecule has 170 valence electrons. The number of para-hydroxylation sites is 1. The van der Waals surface area contributed by atoms with Gasteiger partial charge in [-0.05, 0) is 80.0 Å². The molecule has 0 saturated heterocycles. The van der Waals surface area contributed by atoms with Gasteiger partial charge in [-0.2, -0.15) is 0 Å². The summed E-state index contributed by atoms with van der Waals surface area (Å²) >= 11 is 0. The number of fused-ring (bicyclic) bond motifs is 7. The molecule has 0 saturated carbocycles. The molecule has 2 nitrogen and oxygen atoms in total. The summed E-state index contributed by atoms with van der Waals surface area (Å²) in [5, 5.41) is 2.74. The van der Waals surface area contributed by atoms with Crippen LogP contribution in [0, 0.1) is 13.8 Å². The first-order valence-electron chi connectivity index (χ1n) is 12.8. The van der Waals surface area contributed by atoms with E-state index < -0.39 is 0 Å². The zero-order chi connectivity index (χ0) is 24.0. The zero-order valence-electron chi connectivity index (χ0n) is 21.3. The van der Waals surface area contributed by atoms with Crippen LogP contribution in [0.5, 0.6) is 0 Å². The van der Waals surface area contributed by atoms with E-state index in [0.29, 0.717) is 0 Å². The average molecular weight is 452 g/mol. The molecule has 0 fully saturated rings. The van der Waals surface area contributed by atoms with E-state index in [1.165, 1.54) is 71.9 Å². The Morgan fingerprint density at radius 3 is 2.29 bits per heavy atom. The van der Waals surface area contributed by atoms with E-state index in [4.69, 9.17) is 0 Å². The minimum atomic E-state index is -0.0381. The number of rotatable bonds is 0. The first kappa shape index (κ1) is 19.8. The summed E-state index contributed by atoms with van der Waals surface area (Å²) in [6, 6.07) is 25.8. The lowest BCUT2D eigenvalue weighted by Crippen LogP contribution is -2.62. The first-order valence-corrected chi connectivity index (χ1v) is 12.8. The van der Waals surface area contributed by atoms with Crippen LogP contribution in [0.25, 0.3) is 27.5 Å². The van der Waals surface area contributed by atoms with Gasteiger partial charge in [0.15, 0.2) is 0 Å². The summed E-state index contributed by atoms with van der Waals surface area (Å²) in [5.74, 6) is 0. The van der Waals surface area contributed by atoms with Gasteiger partial charge in [-0.25, -0.2) is 0 Å². The molecule has 3 heteroatoms. The Bertz CT molecular complexity index is 1790. The number of nitrogens with zero attached hydrogens (tertiary/aromatic N) is 2. The van der Waals surface area contributed by atoms with Gasteiger partial charge in [0.05, 0.1) is 5.52 Å². The van der Waals surface area contributed by atoms with E-state index in [9.17, 15) is 0 Å². The van der Waals surface area contributed by atoms with E-state index in [2.05, 4.69) is 118 Å². The second-order valence-electron chi connectivity index (χ2n) is 12.0. The third-order valence-electron chi connectivity index (χ3n) is 9.70. The van der Waals surface area contributed by atoms with Gasteiger partial charge >= 0.3 is 0 Å². The number of hydrogen-bond donors (Lipinski definition) is 0. The van der Waals surface area contributed by atoms with Crippen molar-refractivity contribution in [3.63, 3.8) is 0 Å². The Kier molecular flexibility index (Phi) is 3.31. The van der Waals surface area contributed by atoms with Crippen LogP contribution in [0.1, 0.15) is 44.4 Å². The first-order chi connectivity index (χ1) is 16.7. The number of hydrogen-bond acceptors (Lipinski definition) is 1. The van der Waals surface area contributed by atoms with Gasteiger partial charge in [0.25, 0.3) is 6.71 Å². The molecule has 35 heavy (non-hydrogen) atoms. The van der Waals surface area contributed by atoms with E-state index in [-0.39, 0.29) is 17.7 Å². The van der Waals surface area contributed by atoms with Gasteiger partial charge in [-0.3, -0.25) is 0 Å². The maximum atomic E-state index is 2.67. The highest BCUT2D eigenvalue weighted by Gasteiger charge is 2.56. The van der Waals surface area contributed by atoms with Crippen molar-refractivity contribution in [1.29, 1.82) is 0 Å². The molecule has 4 aromatic carbocycles. The van der Waals surface area contributed by atoms with Gasteiger partial charge in [0.1, 0.15) is 0 Å². The molecule has 0 unspecified atom stereocenters. The Morgan fingerprint density at radius 1 is 0.714 bits per heavy atom. The van der Waals surface area contributed by atoms with Crippen LogP contribution in [0.4, 0.5) is 11.4 Å². The Balaban J connectivity index is 1.62. The fourth-order valence-electron chi connectivity index (χ4n) is 7.48. The van der Waals surface area contributed by atoms with E-state index >= 15 is 0 Å². The Hall–Kier alpha value is -3.46. The third-order valence-corrected chi connectivity index (χ3v) is 9.70. The molecule has 0 radical (unpaired) electrons. The topological polar surface area (TPSA) is 8.17 Å². The van der Waals surface area contributed by atoms with Crippen molar-refractivity contribution < 1.29 is 0 Å². The van der Waals surface area contributed by atoms with Gasteiger partial charge in [0, 0.05) is 44.3 Å². The fraction of sp³-hybridized carbons (Fsp3) is 0.250. The van der Waals surface area contributed by atoms with Crippen molar-refractivity contribution in [2.45, 2.75) is 52.5 Å². The molecule has 0 N–H and O–H groups in total. The average Bonchev–Trinajstić information content (AvgIpc) is 3.22. The monoisotopic (exact) mass is 452 g/mol. The number of anilines is 2. The maximum Gasteiger partial charge on any atom is 0.252 e. The van der Waals surface area contributed by atoms with Crippen LogP contribution in [-0.4, -0.2) is 16.8 Å². The summed E-state index contributed by atoms with van der Waals surface area (Å²) in [7, 11) is 0.